The number of carbonyl (C=O) groups is 1. The van der Waals surface area contributed by atoms with Gasteiger partial charge in [0.2, 0.25) is 0 Å². The summed E-state index contributed by atoms with van der Waals surface area (Å²) in [5.74, 6) is 0. The van der Waals surface area contributed by atoms with Gasteiger partial charge >= 0.3 is 0 Å². The molecular weight excluding hydrogens is 244 g/mol. The summed E-state index contributed by atoms with van der Waals surface area (Å²) in [5.41, 5.74) is 0.830. The van der Waals surface area contributed by atoms with E-state index in [2.05, 4.69) is 33.9 Å². The first kappa shape index (κ1) is 15.6. The van der Waals surface area contributed by atoms with Crippen LogP contribution >= 0.6 is 0 Å². The molecule has 0 aromatic heterocycles. The lowest BCUT2D eigenvalue weighted by Crippen LogP contribution is -2.47. The van der Waals surface area contributed by atoms with E-state index in [-0.39, 0.29) is 17.2 Å². The maximum absolute atomic E-state index is 10.8. The average molecular weight is 270 g/mol. The van der Waals surface area contributed by atoms with Crippen LogP contribution in [0.4, 0.5) is 0 Å². The van der Waals surface area contributed by atoms with Crippen LogP contribution in [0.2, 0.25) is 18.1 Å². The van der Waals surface area contributed by atoms with Gasteiger partial charge in [-0.25, -0.2) is 0 Å². The Balaban J connectivity index is 2.80. The molecule has 0 N–H and O–H groups in total. The fourth-order valence-electron chi connectivity index (χ4n) is 1.87. The minimum atomic E-state index is -1.78. The van der Waals surface area contributed by atoms with Gasteiger partial charge in [-0.3, -0.25) is 4.79 Å². The Bertz CT molecular complexity index is 328. The molecule has 1 aliphatic carbocycles. The number of carbonyl (C=O) groups excluding carboxylic acids is 1. The Morgan fingerprint density at radius 1 is 1.39 bits per heavy atom. The second-order valence-corrected chi connectivity index (χ2v) is 11.3. The molecule has 1 rings (SSSR count). The molecule has 2 atom stereocenters. The zero-order valence-electron chi connectivity index (χ0n) is 12.4. The van der Waals surface area contributed by atoms with Crippen LogP contribution in [0, 0.1) is 0 Å². The Morgan fingerprint density at radius 3 is 2.44 bits per heavy atom. The number of rotatable bonds is 4. The highest BCUT2D eigenvalue weighted by Crippen LogP contribution is 2.39. The summed E-state index contributed by atoms with van der Waals surface area (Å²) in [6, 6.07) is 0. The van der Waals surface area contributed by atoms with E-state index >= 15 is 0 Å². The Kier molecular flexibility index (Phi) is 4.92. The first-order valence-corrected chi connectivity index (χ1v) is 9.48. The smallest absolute Gasteiger partial charge is 0.192 e. The Labute approximate surface area is 112 Å². The first-order chi connectivity index (χ1) is 8.21. The van der Waals surface area contributed by atoms with Crippen LogP contribution in [0.3, 0.4) is 0 Å². The van der Waals surface area contributed by atoms with Gasteiger partial charge in [0.05, 0.1) is 6.10 Å². The average Bonchev–Trinajstić information content (AvgIpc) is 2.27. The van der Waals surface area contributed by atoms with E-state index in [9.17, 15) is 4.79 Å². The van der Waals surface area contributed by atoms with Crippen molar-refractivity contribution >= 4 is 14.6 Å². The molecule has 0 aliphatic heterocycles. The molecule has 0 saturated carbocycles. The van der Waals surface area contributed by atoms with Crippen molar-refractivity contribution in [2.45, 2.75) is 64.0 Å². The van der Waals surface area contributed by atoms with Crippen molar-refractivity contribution in [2.75, 3.05) is 7.11 Å². The third-order valence-corrected chi connectivity index (χ3v) is 8.64. The first-order valence-electron chi connectivity index (χ1n) is 6.58. The van der Waals surface area contributed by atoms with Crippen molar-refractivity contribution in [1.29, 1.82) is 0 Å². The van der Waals surface area contributed by atoms with Gasteiger partial charge < -0.3 is 9.16 Å². The molecule has 0 radical (unpaired) electrons. The molecular formula is C14H26O3Si. The van der Waals surface area contributed by atoms with Crippen LogP contribution in [0.5, 0.6) is 0 Å². The van der Waals surface area contributed by atoms with Gasteiger partial charge in [-0.1, -0.05) is 20.8 Å². The molecule has 0 aromatic rings. The van der Waals surface area contributed by atoms with Crippen molar-refractivity contribution in [3.05, 3.63) is 11.6 Å². The number of ether oxygens (including phenoxy) is 1. The molecule has 0 unspecified atom stereocenters. The largest absolute Gasteiger partial charge is 0.411 e. The van der Waals surface area contributed by atoms with Gasteiger partial charge in [0.15, 0.2) is 8.32 Å². The zero-order valence-corrected chi connectivity index (χ0v) is 13.4. The molecule has 0 saturated heterocycles. The van der Waals surface area contributed by atoms with Gasteiger partial charge in [-0.05, 0) is 42.6 Å². The van der Waals surface area contributed by atoms with Crippen LogP contribution in [0.15, 0.2) is 11.6 Å². The number of aldehydes is 1. The monoisotopic (exact) mass is 270 g/mol. The molecule has 18 heavy (non-hydrogen) atoms. The summed E-state index contributed by atoms with van der Waals surface area (Å²) >= 11 is 0. The van der Waals surface area contributed by atoms with E-state index in [4.69, 9.17) is 9.16 Å². The summed E-state index contributed by atoms with van der Waals surface area (Å²) in [7, 11) is -0.103. The maximum atomic E-state index is 10.8. The van der Waals surface area contributed by atoms with Gasteiger partial charge in [0.1, 0.15) is 12.4 Å². The molecule has 0 bridgehead atoms. The fraction of sp³-hybridized carbons (Fsp3) is 0.786. The minimum Gasteiger partial charge on any atom is -0.411 e. The molecule has 1 aliphatic rings. The van der Waals surface area contributed by atoms with E-state index in [0.717, 1.165) is 24.7 Å². The van der Waals surface area contributed by atoms with Crippen LogP contribution in [0.25, 0.3) is 0 Å². The number of methoxy groups -OCH3 is 1. The molecule has 0 aromatic carbocycles. The highest BCUT2D eigenvalue weighted by Gasteiger charge is 2.41. The summed E-state index contributed by atoms with van der Waals surface area (Å²) in [6.45, 7) is 11.2. The molecule has 3 nitrogen and oxygen atoms in total. The predicted molar refractivity (Wildman–Crippen MR) is 76.2 cm³/mol. The van der Waals surface area contributed by atoms with E-state index in [1.807, 2.05) is 6.08 Å². The normalized spacial score (nSPS) is 25.8. The van der Waals surface area contributed by atoms with Crippen molar-refractivity contribution in [3.8, 4) is 0 Å². The second-order valence-electron chi connectivity index (χ2n) is 6.52. The quantitative estimate of drug-likeness (QED) is 0.581. The third kappa shape index (κ3) is 3.53. The predicted octanol–water partition coefficient (Wildman–Crippen LogP) is 3.31. The third-order valence-electron chi connectivity index (χ3n) is 4.14. The fourth-order valence-corrected chi connectivity index (χ4v) is 3.24. The summed E-state index contributed by atoms with van der Waals surface area (Å²) in [5, 5.41) is 0.194. The molecule has 104 valence electrons. The van der Waals surface area contributed by atoms with Crippen LogP contribution in [0.1, 0.15) is 33.6 Å². The van der Waals surface area contributed by atoms with Crippen molar-refractivity contribution in [2.24, 2.45) is 0 Å². The second kappa shape index (κ2) is 5.68. The maximum Gasteiger partial charge on any atom is 0.192 e. The standard InChI is InChI=1S/C14H26O3Si/c1-14(2,3)18(5,6)17-12-8-7-11(10-15)9-13(12)16-4/h9-10,12-13H,7-8H2,1-6H3/t12-,13-/m0/s1. The van der Waals surface area contributed by atoms with Gasteiger partial charge in [0, 0.05) is 7.11 Å². The van der Waals surface area contributed by atoms with Crippen molar-refractivity contribution in [1.82, 2.24) is 0 Å². The van der Waals surface area contributed by atoms with E-state index in [1.165, 1.54) is 0 Å². The van der Waals surface area contributed by atoms with E-state index in [0.29, 0.717) is 0 Å². The van der Waals surface area contributed by atoms with Crippen LogP contribution < -0.4 is 0 Å². The van der Waals surface area contributed by atoms with Gasteiger partial charge in [-0.2, -0.15) is 0 Å². The lowest BCUT2D eigenvalue weighted by molar-refractivity contribution is -0.105. The highest BCUT2D eigenvalue weighted by atomic mass is 28.4. The minimum absolute atomic E-state index is 0.0830. The van der Waals surface area contributed by atoms with Gasteiger partial charge in [-0.15, -0.1) is 0 Å². The molecule has 0 amide bonds. The Morgan fingerprint density at radius 2 is 2.00 bits per heavy atom. The number of hydrogen-bond donors (Lipinski definition) is 0. The van der Waals surface area contributed by atoms with Crippen LogP contribution in [-0.2, 0) is 14.0 Å². The lowest BCUT2D eigenvalue weighted by atomic mass is 9.96. The topological polar surface area (TPSA) is 35.5 Å². The molecule has 0 heterocycles. The van der Waals surface area contributed by atoms with E-state index < -0.39 is 8.32 Å². The number of hydrogen-bond acceptors (Lipinski definition) is 3. The Hall–Kier alpha value is -0.453. The molecule has 0 spiro atoms. The molecule has 4 heteroatoms. The van der Waals surface area contributed by atoms with E-state index in [1.54, 1.807) is 7.11 Å². The highest BCUT2D eigenvalue weighted by molar-refractivity contribution is 6.74. The SMILES string of the molecule is CO[C@H]1C=C(C=O)CC[C@@H]1O[Si](C)(C)C(C)(C)C. The van der Waals surface area contributed by atoms with Crippen LogP contribution in [-0.4, -0.2) is 33.9 Å². The molecule has 0 fully saturated rings. The lowest BCUT2D eigenvalue weighted by Gasteiger charge is -2.41. The van der Waals surface area contributed by atoms with Gasteiger partial charge in [0.25, 0.3) is 0 Å². The zero-order chi connectivity index (χ0) is 14.0. The van der Waals surface area contributed by atoms with Crippen molar-refractivity contribution in [3.63, 3.8) is 0 Å². The number of allylic oxidation sites excluding steroid dienone is 1. The summed E-state index contributed by atoms with van der Waals surface area (Å²) < 4.78 is 11.8. The summed E-state index contributed by atoms with van der Waals surface area (Å²) in [4.78, 5) is 10.8. The summed E-state index contributed by atoms with van der Waals surface area (Å²) in [6.07, 6.45) is 4.49. The van der Waals surface area contributed by atoms with Crippen molar-refractivity contribution < 1.29 is 14.0 Å².